The van der Waals surface area contributed by atoms with Gasteiger partial charge in [-0.05, 0) is 0 Å². The lowest BCUT2D eigenvalue weighted by atomic mass is 10.5. The van der Waals surface area contributed by atoms with Gasteiger partial charge in [-0.25, -0.2) is 15.0 Å². The predicted octanol–water partition coefficient (Wildman–Crippen LogP) is -1.52. The highest BCUT2D eigenvalue weighted by Crippen LogP contribution is 2.13. The number of nitrogen functional groups attached to an aromatic ring is 1. The van der Waals surface area contributed by atoms with Crippen LogP contribution >= 0.6 is 0 Å². The first-order valence-electron chi connectivity index (χ1n) is 5.10. The second-order valence-electron chi connectivity index (χ2n) is 3.44. The van der Waals surface area contributed by atoms with Gasteiger partial charge in [-0.2, -0.15) is 0 Å². The van der Waals surface area contributed by atoms with Gasteiger partial charge in [0.2, 0.25) is 5.91 Å². The molecule has 2 rings (SSSR count). The third-order valence-corrected chi connectivity index (χ3v) is 2.21. The molecular formula is C9H13N7O. The van der Waals surface area contributed by atoms with E-state index >= 15 is 0 Å². The molecule has 2 aromatic rings. The average Bonchev–Trinajstić information content (AvgIpc) is 2.71. The quantitative estimate of drug-likeness (QED) is 0.591. The summed E-state index contributed by atoms with van der Waals surface area (Å²) in [6, 6.07) is 0. The SMILES string of the molecule is NCCNC(=O)Cn1cnc2c(N)ncnc21. The molecule has 8 nitrogen and oxygen atoms in total. The summed E-state index contributed by atoms with van der Waals surface area (Å²) in [6.07, 6.45) is 2.85. The molecule has 0 atom stereocenters. The monoisotopic (exact) mass is 235 g/mol. The van der Waals surface area contributed by atoms with Crippen LogP contribution in [0, 0.1) is 0 Å². The molecule has 1 amide bonds. The highest BCUT2D eigenvalue weighted by molar-refractivity contribution is 5.83. The van der Waals surface area contributed by atoms with Crippen molar-refractivity contribution in [1.82, 2.24) is 24.8 Å². The Bertz CT molecular complexity index is 535. The molecule has 0 fully saturated rings. The molecule has 90 valence electrons. The summed E-state index contributed by atoms with van der Waals surface area (Å²) in [4.78, 5) is 23.4. The summed E-state index contributed by atoms with van der Waals surface area (Å²) >= 11 is 0. The number of amides is 1. The van der Waals surface area contributed by atoms with Gasteiger partial charge in [0.05, 0.1) is 6.33 Å². The van der Waals surface area contributed by atoms with Crippen LogP contribution in [0.2, 0.25) is 0 Å². The van der Waals surface area contributed by atoms with Gasteiger partial charge >= 0.3 is 0 Å². The van der Waals surface area contributed by atoms with Crippen molar-refractivity contribution in [3.8, 4) is 0 Å². The smallest absolute Gasteiger partial charge is 0.240 e. The number of anilines is 1. The van der Waals surface area contributed by atoms with Crippen molar-refractivity contribution in [3.05, 3.63) is 12.7 Å². The highest BCUT2D eigenvalue weighted by atomic mass is 16.1. The van der Waals surface area contributed by atoms with Gasteiger partial charge < -0.3 is 21.4 Å². The van der Waals surface area contributed by atoms with E-state index in [2.05, 4.69) is 20.3 Å². The number of nitrogens with zero attached hydrogens (tertiary/aromatic N) is 4. The number of carbonyl (C=O) groups is 1. The Hall–Kier alpha value is -2.22. The molecule has 2 heterocycles. The lowest BCUT2D eigenvalue weighted by molar-refractivity contribution is -0.121. The predicted molar refractivity (Wildman–Crippen MR) is 61.8 cm³/mol. The second-order valence-corrected chi connectivity index (χ2v) is 3.44. The van der Waals surface area contributed by atoms with Gasteiger partial charge in [0.1, 0.15) is 18.4 Å². The number of hydrogen-bond donors (Lipinski definition) is 3. The molecule has 0 radical (unpaired) electrons. The first-order valence-corrected chi connectivity index (χ1v) is 5.10. The van der Waals surface area contributed by atoms with Crippen LogP contribution in [0.1, 0.15) is 0 Å². The lowest BCUT2D eigenvalue weighted by Crippen LogP contribution is -2.31. The van der Waals surface area contributed by atoms with Crippen molar-refractivity contribution < 1.29 is 4.79 Å². The maximum absolute atomic E-state index is 11.5. The highest BCUT2D eigenvalue weighted by Gasteiger charge is 2.10. The van der Waals surface area contributed by atoms with Crippen molar-refractivity contribution in [3.63, 3.8) is 0 Å². The third-order valence-electron chi connectivity index (χ3n) is 2.21. The number of nitrogens with one attached hydrogen (secondary N) is 1. The summed E-state index contributed by atoms with van der Waals surface area (Å²) < 4.78 is 1.61. The van der Waals surface area contributed by atoms with Crippen LogP contribution in [0.25, 0.3) is 11.2 Å². The van der Waals surface area contributed by atoms with Gasteiger partial charge in [0, 0.05) is 13.1 Å². The van der Waals surface area contributed by atoms with Crippen LogP contribution in [0.5, 0.6) is 0 Å². The van der Waals surface area contributed by atoms with Crippen molar-refractivity contribution in [1.29, 1.82) is 0 Å². The van der Waals surface area contributed by atoms with E-state index in [0.717, 1.165) is 0 Å². The molecule has 0 aliphatic rings. The summed E-state index contributed by atoms with van der Waals surface area (Å²) in [7, 11) is 0. The molecule has 0 aliphatic heterocycles. The molecule has 0 spiro atoms. The lowest BCUT2D eigenvalue weighted by Gasteiger charge is -2.04. The number of imidazole rings is 1. The molecule has 17 heavy (non-hydrogen) atoms. The molecule has 0 saturated heterocycles. The number of rotatable bonds is 4. The fourth-order valence-corrected chi connectivity index (χ4v) is 1.44. The third kappa shape index (κ3) is 2.31. The summed E-state index contributed by atoms with van der Waals surface area (Å²) in [5.74, 6) is 0.156. The summed E-state index contributed by atoms with van der Waals surface area (Å²) in [5, 5.41) is 2.66. The van der Waals surface area contributed by atoms with E-state index in [4.69, 9.17) is 11.5 Å². The Morgan fingerprint density at radius 2 is 2.24 bits per heavy atom. The molecule has 8 heteroatoms. The zero-order valence-electron chi connectivity index (χ0n) is 9.13. The van der Waals surface area contributed by atoms with Gasteiger partial charge in [0.15, 0.2) is 11.5 Å². The van der Waals surface area contributed by atoms with Gasteiger partial charge in [0.25, 0.3) is 0 Å². The first-order chi connectivity index (χ1) is 8.22. The average molecular weight is 235 g/mol. The maximum atomic E-state index is 11.5. The Kier molecular flexibility index (Phi) is 3.15. The van der Waals surface area contributed by atoms with E-state index in [1.165, 1.54) is 12.7 Å². The first kappa shape index (κ1) is 11.3. The largest absolute Gasteiger partial charge is 0.382 e. The molecule has 0 aromatic carbocycles. The molecule has 0 bridgehead atoms. The second kappa shape index (κ2) is 4.74. The van der Waals surface area contributed by atoms with Crippen LogP contribution in [-0.4, -0.2) is 38.5 Å². The zero-order chi connectivity index (χ0) is 12.3. The van der Waals surface area contributed by atoms with Crippen molar-refractivity contribution in [2.45, 2.75) is 6.54 Å². The van der Waals surface area contributed by atoms with E-state index in [-0.39, 0.29) is 12.5 Å². The van der Waals surface area contributed by atoms with Crippen LogP contribution in [-0.2, 0) is 11.3 Å². The number of hydrogen-bond acceptors (Lipinski definition) is 6. The number of nitrogens with two attached hydrogens (primary N) is 2. The topological polar surface area (TPSA) is 125 Å². The molecule has 2 aromatic heterocycles. The number of fused-ring (bicyclic) bond motifs is 1. The van der Waals surface area contributed by atoms with Crippen LogP contribution in [0.4, 0.5) is 5.82 Å². The van der Waals surface area contributed by atoms with E-state index < -0.39 is 0 Å². The van der Waals surface area contributed by atoms with E-state index in [1.54, 1.807) is 4.57 Å². The Morgan fingerprint density at radius 1 is 1.41 bits per heavy atom. The Morgan fingerprint density at radius 3 is 3.00 bits per heavy atom. The molecule has 0 aliphatic carbocycles. The van der Waals surface area contributed by atoms with Crippen molar-refractivity contribution >= 4 is 22.9 Å². The number of aromatic nitrogens is 4. The van der Waals surface area contributed by atoms with E-state index in [9.17, 15) is 4.79 Å². The van der Waals surface area contributed by atoms with Gasteiger partial charge in [-0.15, -0.1) is 0 Å². The Labute approximate surface area is 97.0 Å². The van der Waals surface area contributed by atoms with Crippen LogP contribution in [0.3, 0.4) is 0 Å². The van der Waals surface area contributed by atoms with E-state index in [0.29, 0.717) is 30.1 Å². The van der Waals surface area contributed by atoms with E-state index in [1.807, 2.05) is 0 Å². The normalized spacial score (nSPS) is 10.6. The minimum absolute atomic E-state index is 0.132. The van der Waals surface area contributed by atoms with Crippen molar-refractivity contribution in [2.24, 2.45) is 5.73 Å². The molecule has 5 N–H and O–H groups in total. The molecule has 0 unspecified atom stereocenters. The van der Waals surface area contributed by atoms with Gasteiger partial charge in [-0.3, -0.25) is 4.79 Å². The minimum Gasteiger partial charge on any atom is -0.382 e. The van der Waals surface area contributed by atoms with Crippen LogP contribution < -0.4 is 16.8 Å². The van der Waals surface area contributed by atoms with Crippen molar-refractivity contribution in [2.75, 3.05) is 18.8 Å². The molecule has 0 saturated carbocycles. The summed E-state index contributed by atoms with van der Waals surface area (Å²) in [6.45, 7) is 0.987. The fourth-order valence-electron chi connectivity index (χ4n) is 1.44. The van der Waals surface area contributed by atoms with Crippen LogP contribution in [0.15, 0.2) is 12.7 Å². The van der Waals surface area contributed by atoms with Gasteiger partial charge in [-0.1, -0.05) is 0 Å². The number of carbonyl (C=O) groups excluding carboxylic acids is 1. The summed E-state index contributed by atoms with van der Waals surface area (Å²) in [5.41, 5.74) is 12.0. The Balaban J connectivity index is 2.19. The fraction of sp³-hybridized carbons (Fsp3) is 0.333. The maximum Gasteiger partial charge on any atom is 0.240 e. The zero-order valence-corrected chi connectivity index (χ0v) is 9.13. The standard InChI is InChI=1S/C9H13N7O/c10-1-2-12-6(17)3-16-5-15-7-8(11)13-4-14-9(7)16/h4-5H,1-3,10H2,(H,12,17)(H2,11,13,14). The minimum atomic E-state index is -0.146. The molecular weight excluding hydrogens is 222 g/mol.